The highest BCUT2D eigenvalue weighted by Gasteiger charge is 2.34. The van der Waals surface area contributed by atoms with E-state index < -0.39 is 6.04 Å². The van der Waals surface area contributed by atoms with Crippen molar-refractivity contribution in [2.75, 3.05) is 13.1 Å². The lowest BCUT2D eigenvalue weighted by molar-refractivity contribution is -0.140. The van der Waals surface area contributed by atoms with E-state index in [1.165, 1.54) is 50.2 Å². The molecule has 0 radical (unpaired) electrons. The van der Waals surface area contributed by atoms with Gasteiger partial charge in [0.05, 0.1) is 17.8 Å². The maximum atomic E-state index is 14.1. The summed E-state index contributed by atoms with van der Waals surface area (Å²) in [5.41, 5.74) is 5.48. The fourth-order valence-electron chi connectivity index (χ4n) is 9.41. The number of aromatic nitrogens is 3. The summed E-state index contributed by atoms with van der Waals surface area (Å²) in [6.45, 7) is 11.7. The molecule has 59 heavy (non-hydrogen) atoms. The molecule has 4 aromatic rings. The van der Waals surface area contributed by atoms with Crippen LogP contribution in [0.3, 0.4) is 0 Å². The van der Waals surface area contributed by atoms with Gasteiger partial charge in [-0.05, 0) is 97.7 Å². The van der Waals surface area contributed by atoms with Gasteiger partial charge in [-0.15, -0.1) is 0 Å². The van der Waals surface area contributed by atoms with E-state index >= 15 is 0 Å². The van der Waals surface area contributed by atoms with Crippen LogP contribution >= 0.6 is 0 Å². The number of piperidine rings is 1. The molecule has 6 rings (SSSR count). The predicted molar refractivity (Wildman–Crippen MR) is 244 cm³/mol. The lowest BCUT2D eigenvalue weighted by Gasteiger charge is -2.35. The number of H-pyrrole nitrogens is 1. The zero-order chi connectivity index (χ0) is 42.1. The molecule has 326 valence electrons. The van der Waals surface area contributed by atoms with E-state index in [9.17, 15) is 19.2 Å². The number of aryl methyl sites for hydroxylation is 1. The van der Waals surface area contributed by atoms with Crippen LogP contribution in [0.4, 0.5) is 0 Å². The van der Waals surface area contributed by atoms with Crippen molar-refractivity contribution >= 4 is 34.4 Å². The van der Waals surface area contributed by atoms with Crippen LogP contribution in [0, 0.1) is 18.8 Å². The number of ketones is 1. The number of carbonyl (C=O) groups is 4. The predicted octanol–water partition coefficient (Wildman–Crippen LogP) is 10.3. The molecule has 3 amide bonds. The summed E-state index contributed by atoms with van der Waals surface area (Å²) >= 11 is 0. The van der Waals surface area contributed by atoms with Crippen molar-refractivity contribution in [1.82, 2.24) is 30.3 Å². The lowest BCUT2D eigenvalue weighted by Crippen LogP contribution is -2.45. The number of pyridine rings is 1. The average molecular weight is 813 g/mol. The molecule has 10 nitrogen and oxygen atoms in total. The summed E-state index contributed by atoms with van der Waals surface area (Å²) in [6.07, 6.45) is 18.9. The molecular formula is C49H76N6O4. The summed E-state index contributed by atoms with van der Waals surface area (Å²) in [5.74, 6) is 0.420. The Balaban J connectivity index is 0.000000798. The van der Waals surface area contributed by atoms with E-state index in [4.69, 9.17) is 0 Å². The number of nitrogens with zero attached hydrogens (tertiary/aromatic N) is 4. The first-order valence-corrected chi connectivity index (χ1v) is 22.3. The maximum absolute atomic E-state index is 14.1. The van der Waals surface area contributed by atoms with Crippen LogP contribution in [0.2, 0.25) is 0 Å². The smallest absolute Gasteiger partial charge is 0.226 e. The fourth-order valence-corrected chi connectivity index (χ4v) is 9.41. The standard InChI is InChI=1S/C34H47N5O3.C15H21NO.4H2/c1-5-7-25(8-6-2)18-29(34(42)39-15-11-28(12-16-39)27-9-13-35-14-10-27)21-32(41)31(37-24(4)40)20-26-17-23(3)33-30(19-26)22-36-38-33;1-13(17)16(15-10-6-3-7-11-15)12-14-8-4-2-5-9-14;;;;/h9-10,13-14,17,19,22,25,28-29,31H,5-8,11-12,15-16,18,20-21H2,1-4H3,(H,36,38)(H,37,40);2,4-5,8-9,15H,3,6-7,10-12H2,1H3;4*1H/t29-,31-;;;;;/m1...../s1. The zero-order valence-corrected chi connectivity index (χ0v) is 36.3. The molecule has 2 aliphatic rings. The number of nitrogens with one attached hydrogen (secondary N) is 2. The molecule has 1 saturated heterocycles. The summed E-state index contributed by atoms with van der Waals surface area (Å²) in [7, 11) is 0. The lowest BCUT2D eigenvalue weighted by atomic mass is 9.82. The van der Waals surface area contributed by atoms with Gasteiger partial charge in [0.15, 0.2) is 5.78 Å². The van der Waals surface area contributed by atoms with E-state index in [2.05, 4.69) is 63.5 Å². The number of aromatic amines is 1. The van der Waals surface area contributed by atoms with Gasteiger partial charge in [0, 0.05) is 75.3 Å². The Bertz CT molecular complexity index is 1930. The van der Waals surface area contributed by atoms with E-state index in [-0.39, 0.29) is 41.6 Å². The normalized spacial score (nSPS) is 15.9. The summed E-state index contributed by atoms with van der Waals surface area (Å²) in [5, 5.41) is 11.0. The highest BCUT2D eigenvalue weighted by atomic mass is 16.2. The van der Waals surface area contributed by atoms with Crippen LogP contribution in [0.25, 0.3) is 10.9 Å². The van der Waals surface area contributed by atoms with E-state index in [1.807, 2.05) is 54.5 Å². The number of rotatable bonds is 17. The minimum absolute atomic E-state index is 0. The van der Waals surface area contributed by atoms with Gasteiger partial charge in [-0.25, -0.2) is 0 Å². The molecule has 2 fully saturated rings. The third-order valence-corrected chi connectivity index (χ3v) is 12.4. The second-order valence-corrected chi connectivity index (χ2v) is 17.1. The average Bonchev–Trinajstić information content (AvgIpc) is 3.73. The molecule has 0 spiro atoms. The van der Waals surface area contributed by atoms with Gasteiger partial charge in [0.25, 0.3) is 0 Å². The molecule has 1 aliphatic carbocycles. The quantitative estimate of drug-likeness (QED) is 0.109. The van der Waals surface area contributed by atoms with Crippen LogP contribution in [-0.4, -0.2) is 73.7 Å². The minimum atomic E-state index is -0.685. The van der Waals surface area contributed by atoms with E-state index in [1.54, 1.807) is 13.1 Å². The number of amides is 3. The number of hydrogen-bond donors (Lipinski definition) is 2. The van der Waals surface area contributed by atoms with Crippen LogP contribution < -0.4 is 5.32 Å². The van der Waals surface area contributed by atoms with Crippen molar-refractivity contribution in [2.45, 2.75) is 149 Å². The summed E-state index contributed by atoms with van der Waals surface area (Å²) in [4.78, 5) is 60.1. The number of hydrogen-bond acceptors (Lipinski definition) is 6. The van der Waals surface area contributed by atoms with Crippen LogP contribution in [0.5, 0.6) is 0 Å². The van der Waals surface area contributed by atoms with Crippen molar-refractivity contribution in [3.05, 3.63) is 95.4 Å². The fraction of sp³-hybridized carbons (Fsp3) is 0.551. The van der Waals surface area contributed by atoms with Gasteiger partial charge in [0.2, 0.25) is 17.7 Å². The summed E-state index contributed by atoms with van der Waals surface area (Å²) in [6, 6.07) is 18.2. The first kappa shape index (κ1) is 45.2. The largest absolute Gasteiger partial charge is 0.346 e. The molecule has 1 aliphatic heterocycles. The highest BCUT2D eigenvalue weighted by Crippen LogP contribution is 2.32. The minimum Gasteiger partial charge on any atom is -0.346 e. The Morgan fingerprint density at radius 2 is 1.58 bits per heavy atom. The highest BCUT2D eigenvalue weighted by molar-refractivity contribution is 5.92. The molecule has 0 bridgehead atoms. The Labute approximate surface area is 358 Å². The van der Waals surface area contributed by atoms with Crippen molar-refractivity contribution < 1.29 is 24.9 Å². The number of Topliss-reactive ketones (excluding diaryl/α,β-unsaturated/α-hetero) is 1. The van der Waals surface area contributed by atoms with E-state index in [0.29, 0.717) is 43.8 Å². The van der Waals surface area contributed by atoms with Crippen molar-refractivity contribution in [2.24, 2.45) is 11.8 Å². The zero-order valence-electron chi connectivity index (χ0n) is 36.3. The van der Waals surface area contributed by atoms with Gasteiger partial charge in [0.1, 0.15) is 0 Å². The van der Waals surface area contributed by atoms with Crippen LogP contribution in [-0.2, 0) is 32.1 Å². The molecule has 10 heteroatoms. The number of fused-ring (bicyclic) bond motifs is 1. The third kappa shape index (κ3) is 13.6. The van der Waals surface area contributed by atoms with Crippen molar-refractivity contribution in [1.29, 1.82) is 0 Å². The first-order chi connectivity index (χ1) is 28.6. The molecule has 2 atom stereocenters. The molecule has 1 saturated carbocycles. The Morgan fingerprint density at radius 1 is 0.898 bits per heavy atom. The SMILES string of the molecule is CC(=O)N(Cc1ccccc1)C1CCCCC1.CCCC(CCC)C[C@H](CC(=O)[C@@H](Cc1cc(C)c2[nH]ncc2c1)NC(C)=O)C(=O)N1CCC(c2ccncc2)CC1.[HH].[HH].[HH].[HH]. The second kappa shape index (κ2) is 23.1. The Kier molecular flexibility index (Phi) is 17.7. The van der Waals surface area contributed by atoms with Gasteiger partial charge in [-0.1, -0.05) is 95.2 Å². The topological polar surface area (TPSA) is 128 Å². The summed E-state index contributed by atoms with van der Waals surface area (Å²) < 4.78 is 0. The third-order valence-electron chi connectivity index (χ3n) is 12.4. The number of benzene rings is 2. The molecule has 2 aromatic carbocycles. The van der Waals surface area contributed by atoms with Gasteiger partial charge in [-0.3, -0.25) is 29.3 Å². The molecular weight excluding hydrogens is 737 g/mol. The number of likely N-dealkylation sites (tertiary alicyclic amines) is 1. The molecule has 0 unspecified atom stereocenters. The molecule has 3 heterocycles. The van der Waals surface area contributed by atoms with Gasteiger partial charge in [-0.2, -0.15) is 5.10 Å². The van der Waals surface area contributed by atoms with Crippen LogP contribution in [0.15, 0.2) is 73.2 Å². The molecule has 2 N–H and O–H groups in total. The maximum Gasteiger partial charge on any atom is 0.226 e. The second-order valence-electron chi connectivity index (χ2n) is 17.1. The first-order valence-electron chi connectivity index (χ1n) is 22.3. The van der Waals surface area contributed by atoms with Gasteiger partial charge >= 0.3 is 0 Å². The van der Waals surface area contributed by atoms with Gasteiger partial charge < -0.3 is 15.1 Å². The Hall–Kier alpha value is -4.86. The van der Waals surface area contributed by atoms with Crippen LogP contribution in [0.1, 0.15) is 145 Å². The molecule has 2 aromatic heterocycles. The number of carbonyl (C=O) groups excluding carboxylic acids is 4. The Morgan fingerprint density at radius 3 is 2.20 bits per heavy atom. The monoisotopic (exact) mass is 813 g/mol. The van der Waals surface area contributed by atoms with Crippen molar-refractivity contribution in [3.63, 3.8) is 0 Å². The van der Waals surface area contributed by atoms with E-state index in [0.717, 1.165) is 67.1 Å². The van der Waals surface area contributed by atoms with Crippen molar-refractivity contribution in [3.8, 4) is 0 Å².